The van der Waals surface area contributed by atoms with Crippen LogP contribution in [-0.2, 0) is 32.1 Å². The second kappa shape index (κ2) is 13.0. The van der Waals surface area contributed by atoms with E-state index in [1.165, 1.54) is 16.7 Å². The summed E-state index contributed by atoms with van der Waals surface area (Å²) >= 11 is 1.49. The molecule has 1 aliphatic heterocycles. The summed E-state index contributed by atoms with van der Waals surface area (Å²) in [6.45, 7) is 9.28. The summed E-state index contributed by atoms with van der Waals surface area (Å²) in [5.74, 6) is -1.38. The molecule has 0 unspecified atom stereocenters. The first-order valence-electron chi connectivity index (χ1n) is 12.2. The van der Waals surface area contributed by atoms with Gasteiger partial charge in [-0.15, -0.1) is 0 Å². The first kappa shape index (κ1) is 29.5. The SMILES string of the molecule is CSCC[C@H](NC(=O)[C@H]1Cc2ccccc2CN1C(=O)[C@H](CC(C)C)NC(=O)OC(C)(C)C)C(=O)O. The number of fused-ring (bicyclic) bond motifs is 1. The molecule has 3 atom stereocenters. The van der Waals surface area contributed by atoms with Gasteiger partial charge in [0.15, 0.2) is 0 Å². The predicted octanol–water partition coefficient (Wildman–Crippen LogP) is 3.20. The monoisotopic (exact) mass is 521 g/mol. The second-order valence-corrected chi connectivity index (χ2v) is 11.4. The third-order valence-electron chi connectivity index (χ3n) is 5.76. The largest absolute Gasteiger partial charge is 0.480 e. The molecule has 2 rings (SSSR count). The zero-order valence-corrected chi connectivity index (χ0v) is 22.8. The molecule has 200 valence electrons. The molecule has 1 heterocycles. The smallest absolute Gasteiger partial charge is 0.408 e. The van der Waals surface area contributed by atoms with Crippen molar-refractivity contribution in [1.82, 2.24) is 15.5 Å². The van der Waals surface area contributed by atoms with Gasteiger partial charge in [0.1, 0.15) is 23.7 Å². The number of amides is 3. The van der Waals surface area contributed by atoms with E-state index < -0.39 is 47.6 Å². The molecule has 3 N–H and O–H groups in total. The van der Waals surface area contributed by atoms with Gasteiger partial charge >= 0.3 is 12.1 Å². The fraction of sp³-hybridized carbons (Fsp3) is 0.615. The first-order valence-corrected chi connectivity index (χ1v) is 13.6. The van der Waals surface area contributed by atoms with E-state index in [0.717, 1.165) is 11.1 Å². The highest BCUT2D eigenvalue weighted by atomic mass is 32.2. The number of benzene rings is 1. The number of hydrogen-bond donors (Lipinski definition) is 3. The zero-order chi connectivity index (χ0) is 27.0. The third kappa shape index (κ3) is 8.72. The summed E-state index contributed by atoms with van der Waals surface area (Å²) in [5.41, 5.74) is 1.11. The van der Waals surface area contributed by atoms with E-state index in [2.05, 4.69) is 10.6 Å². The lowest BCUT2D eigenvalue weighted by Gasteiger charge is -2.38. The number of nitrogens with one attached hydrogen (secondary N) is 2. The quantitative estimate of drug-likeness (QED) is 0.432. The second-order valence-electron chi connectivity index (χ2n) is 10.5. The highest BCUT2D eigenvalue weighted by Crippen LogP contribution is 2.25. The van der Waals surface area contributed by atoms with Crippen LogP contribution >= 0.6 is 11.8 Å². The van der Waals surface area contributed by atoms with Crippen LogP contribution in [0.2, 0.25) is 0 Å². The highest BCUT2D eigenvalue weighted by molar-refractivity contribution is 7.98. The molecule has 0 aromatic heterocycles. The molecule has 0 saturated carbocycles. The molecule has 10 heteroatoms. The number of thioether (sulfide) groups is 1. The predicted molar refractivity (Wildman–Crippen MR) is 140 cm³/mol. The maximum Gasteiger partial charge on any atom is 0.408 e. The van der Waals surface area contributed by atoms with Gasteiger partial charge in [0.05, 0.1) is 0 Å². The molecule has 1 aromatic carbocycles. The minimum Gasteiger partial charge on any atom is -0.480 e. The van der Waals surface area contributed by atoms with Gasteiger partial charge in [0.25, 0.3) is 0 Å². The number of nitrogens with zero attached hydrogens (tertiary/aromatic N) is 1. The lowest BCUT2D eigenvalue weighted by Crippen LogP contribution is -2.59. The molecule has 0 saturated heterocycles. The van der Waals surface area contributed by atoms with Crippen molar-refractivity contribution >= 4 is 35.6 Å². The van der Waals surface area contributed by atoms with Crippen LogP contribution in [0.5, 0.6) is 0 Å². The average molecular weight is 522 g/mol. The average Bonchev–Trinajstić information content (AvgIpc) is 2.78. The van der Waals surface area contributed by atoms with Crippen molar-refractivity contribution in [1.29, 1.82) is 0 Å². The van der Waals surface area contributed by atoms with Crippen molar-refractivity contribution in [3.05, 3.63) is 35.4 Å². The van der Waals surface area contributed by atoms with Gasteiger partial charge in [0, 0.05) is 13.0 Å². The van der Waals surface area contributed by atoms with Gasteiger partial charge in [-0.05, 0) is 62.7 Å². The van der Waals surface area contributed by atoms with Crippen molar-refractivity contribution in [2.75, 3.05) is 12.0 Å². The first-order chi connectivity index (χ1) is 16.8. The highest BCUT2D eigenvalue weighted by Gasteiger charge is 2.39. The summed E-state index contributed by atoms with van der Waals surface area (Å²) in [6.07, 6.45) is 2.05. The zero-order valence-electron chi connectivity index (χ0n) is 22.0. The van der Waals surface area contributed by atoms with Crippen LogP contribution < -0.4 is 10.6 Å². The van der Waals surface area contributed by atoms with E-state index in [1.54, 1.807) is 20.8 Å². The van der Waals surface area contributed by atoms with Crippen molar-refractivity contribution < 1.29 is 29.0 Å². The van der Waals surface area contributed by atoms with E-state index in [4.69, 9.17) is 4.74 Å². The summed E-state index contributed by atoms with van der Waals surface area (Å²) in [4.78, 5) is 52.9. The Hall–Kier alpha value is -2.75. The van der Waals surface area contributed by atoms with Gasteiger partial charge in [-0.1, -0.05) is 38.1 Å². The summed E-state index contributed by atoms with van der Waals surface area (Å²) in [6, 6.07) is 4.70. The molecule has 0 aliphatic carbocycles. The van der Waals surface area contributed by atoms with Crippen LogP contribution in [0, 0.1) is 5.92 Å². The minimum atomic E-state index is -1.12. The lowest BCUT2D eigenvalue weighted by atomic mass is 9.91. The topological polar surface area (TPSA) is 125 Å². The van der Waals surface area contributed by atoms with E-state index in [-0.39, 0.29) is 25.3 Å². The number of carboxylic acid groups (broad SMARTS) is 1. The van der Waals surface area contributed by atoms with Gasteiger partial charge in [-0.3, -0.25) is 9.59 Å². The standard InChI is InChI=1S/C26H39N3O6S/c1-16(2)13-20(28-25(34)35-26(3,4)5)23(31)29-15-18-10-8-7-9-17(18)14-21(29)22(30)27-19(24(32)33)11-12-36-6/h7-10,16,19-21H,11-15H2,1-6H3,(H,27,30)(H,28,34)(H,32,33)/t19-,20-,21+/m0/s1. The van der Waals surface area contributed by atoms with Gasteiger partial charge in [-0.2, -0.15) is 11.8 Å². The molecule has 0 bridgehead atoms. The van der Waals surface area contributed by atoms with Crippen LogP contribution in [-0.4, -0.2) is 69.6 Å². The number of ether oxygens (including phenoxy) is 1. The Morgan fingerprint density at radius 3 is 2.31 bits per heavy atom. The third-order valence-corrected chi connectivity index (χ3v) is 6.40. The maximum absolute atomic E-state index is 13.8. The molecule has 1 aromatic rings. The van der Waals surface area contributed by atoms with Crippen molar-refractivity contribution in [2.24, 2.45) is 5.92 Å². The lowest BCUT2D eigenvalue weighted by molar-refractivity contribution is -0.146. The molecule has 0 radical (unpaired) electrons. The minimum absolute atomic E-state index is 0.0844. The van der Waals surface area contributed by atoms with E-state index in [0.29, 0.717) is 12.2 Å². The molecular formula is C26H39N3O6S. The molecule has 1 aliphatic rings. The molecular weight excluding hydrogens is 482 g/mol. The van der Waals surface area contributed by atoms with Crippen LogP contribution in [0.3, 0.4) is 0 Å². The number of hydrogen-bond acceptors (Lipinski definition) is 6. The summed E-state index contributed by atoms with van der Waals surface area (Å²) in [5, 5.41) is 14.9. The fourth-order valence-electron chi connectivity index (χ4n) is 4.09. The number of carbonyl (C=O) groups is 4. The van der Waals surface area contributed by atoms with Crippen LogP contribution in [0.15, 0.2) is 24.3 Å². The molecule has 3 amide bonds. The van der Waals surface area contributed by atoms with Gasteiger partial charge in [-0.25, -0.2) is 9.59 Å². The molecule has 0 fully saturated rings. The number of carbonyl (C=O) groups excluding carboxylic acids is 3. The van der Waals surface area contributed by atoms with Crippen LogP contribution in [0.4, 0.5) is 4.79 Å². The fourth-order valence-corrected chi connectivity index (χ4v) is 4.56. The molecule has 0 spiro atoms. The normalized spacial score (nSPS) is 17.1. The number of alkyl carbamates (subject to hydrolysis) is 1. The van der Waals surface area contributed by atoms with Crippen LogP contribution in [0.25, 0.3) is 0 Å². The van der Waals surface area contributed by atoms with Gasteiger partial charge < -0.3 is 25.4 Å². The van der Waals surface area contributed by atoms with E-state index in [1.807, 2.05) is 44.4 Å². The Labute approximate surface area is 217 Å². The molecule has 9 nitrogen and oxygen atoms in total. The van der Waals surface area contributed by atoms with Crippen molar-refractivity contribution in [2.45, 2.75) is 84.2 Å². The Morgan fingerprint density at radius 1 is 1.11 bits per heavy atom. The van der Waals surface area contributed by atoms with Crippen LogP contribution in [0.1, 0.15) is 58.6 Å². The van der Waals surface area contributed by atoms with Crippen molar-refractivity contribution in [3.8, 4) is 0 Å². The Kier molecular flexibility index (Phi) is 10.6. The Morgan fingerprint density at radius 2 is 1.75 bits per heavy atom. The van der Waals surface area contributed by atoms with Gasteiger partial charge in [0.2, 0.25) is 11.8 Å². The van der Waals surface area contributed by atoms with Crippen molar-refractivity contribution in [3.63, 3.8) is 0 Å². The Balaban J connectivity index is 2.34. The summed E-state index contributed by atoms with van der Waals surface area (Å²) < 4.78 is 5.37. The number of carboxylic acids is 1. The van der Waals surface area contributed by atoms with E-state index in [9.17, 15) is 24.3 Å². The maximum atomic E-state index is 13.8. The number of aliphatic carboxylic acids is 1. The van der Waals surface area contributed by atoms with E-state index >= 15 is 0 Å². The summed E-state index contributed by atoms with van der Waals surface area (Å²) in [7, 11) is 0. The Bertz CT molecular complexity index is 946. The number of rotatable bonds is 10. The molecule has 36 heavy (non-hydrogen) atoms.